The van der Waals surface area contributed by atoms with Gasteiger partial charge in [-0.1, -0.05) is 18.2 Å². The molecule has 2 saturated heterocycles. The summed E-state index contributed by atoms with van der Waals surface area (Å²) in [4.78, 5) is 40.9. The van der Waals surface area contributed by atoms with Gasteiger partial charge in [-0.3, -0.25) is 14.4 Å². The van der Waals surface area contributed by atoms with E-state index in [1.54, 1.807) is 4.90 Å². The van der Waals surface area contributed by atoms with E-state index in [2.05, 4.69) is 16.0 Å². The molecule has 1 aromatic carbocycles. The van der Waals surface area contributed by atoms with E-state index in [-0.39, 0.29) is 29.3 Å². The molecule has 0 saturated carbocycles. The van der Waals surface area contributed by atoms with Crippen LogP contribution in [-0.4, -0.2) is 59.4 Å². The SMILES string of the molecule is CC(C)(C)NC(=O)[C@@H]1CN(C(=O)[C@H]2CCCN2)C[C@]12Cc1ccccc1C(=O)N2. The van der Waals surface area contributed by atoms with Gasteiger partial charge < -0.3 is 20.9 Å². The van der Waals surface area contributed by atoms with Crippen LogP contribution in [0.2, 0.25) is 0 Å². The molecule has 0 unspecified atom stereocenters. The molecule has 156 valence electrons. The van der Waals surface area contributed by atoms with Crippen LogP contribution < -0.4 is 16.0 Å². The fraction of sp³-hybridized carbons (Fsp3) is 0.591. The van der Waals surface area contributed by atoms with Gasteiger partial charge in [-0.25, -0.2) is 0 Å². The molecule has 1 spiro atoms. The zero-order valence-electron chi connectivity index (χ0n) is 17.4. The number of hydrogen-bond donors (Lipinski definition) is 3. The zero-order chi connectivity index (χ0) is 20.8. The van der Waals surface area contributed by atoms with Gasteiger partial charge in [-0.15, -0.1) is 0 Å². The fourth-order valence-electron chi connectivity index (χ4n) is 4.86. The van der Waals surface area contributed by atoms with E-state index in [9.17, 15) is 14.4 Å². The number of likely N-dealkylation sites (tertiary alicyclic amines) is 1. The Morgan fingerprint density at radius 3 is 2.69 bits per heavy atom. The maximum atomic E-state index is 13.2. The van der Waals surface area contributed by atoms with Gasteiger partial charge in [0.1, 0.15) is 0 Å². The first-order chi connectivity index (χ1) is 13.7. The van der Waals surface area contributed by atoms with Crippen LogP contribution >= 0.6 is 0 Å². The molecule has 0 aliphatic carbocycles. The van der Waals surface area contributed by atoms with Gasteiger partial charge in [-0.05, 0) is 58.2 Å². The molecule has 3 heterocycles. The van der Waals surface area contributed by atoms with Crippen LogP contribution in [-0.2, 0) is 16.0 Å². The highest BCUT2D eigenvalue weighted by molar-refractivity contribution is 5.99. The number of amides is 3. The lowest BCUT2D eigenvalue weighted by molar-refractivity contribution is -0.132. The molecule has 3 atom stereocenters. The van der Waals surface area contributed by atoms with Crippen molar-refractivity contribution in [2.45, 2.75) is 57.2 Å². The molecule has 0 aromatic heterocycles. The highest BCUT2D eigenvalue weighted by Gasteiger charge is 2.55. The topological polar surface area (TPSA) is 90.5 Å². The van der Waals surface area contributed by atoms with Crippen molar-refractivity contribution in [1.29, 1.82) is 0 Å². The molecule has 1 aromatic rings. The third-order valence-electron chi connectivity index (χ3n) is 6.16. The Balaban J connectivity index is 1.66. The lowest BCUT2D eigenvalue weighted by Gasteiger charge is -2.39. The quantitative estimate of drug-likeness (QED) is 0.689. The molecule has 3 N–H and O–H groups in total. The summed E-state index contributed by atoms with van der Waals surface area (Å²) in [5.74, 6) is -0.758. The van der Waals surface area contributed by atoms with Crippen molar-refractivity contribution < 1.29 is 14.4 Å². The van der Waals surface area contributed by atoms with Crippen LogP contribution in [0.1, 0.15) is 49.5 Å². The van der Waals surface area contributed by atoms with E-state index < -0.39 is 11.5 Å². The molecule has 3 amide bonds. The van der Waals surface area contributed by atoms with E-state index in [1.165, 1.54) is 0 Å². The van der Waals surface area contributed by atoms with E-state index in [0.717, 1.165) is 24.9 Å². The lowest BCUT2D eigenvalue weighted by atomic mass is 9.76. The van der Waals surface area contributed by atoms with Crippen molar-refractivity contribution in [3.05, 3.63) is 35.4 Å². The second kappa shape index (κ2) is 7.13. The largest absolute Gasteiger partial charge is 0.351 e. The molecule has 2 fully saturated rings. The summed E-state index contributed by atoms with van der Waals surface area (Å²) in [6, 6.07) is 7.31. The Morgan fingerprint density at radius 1 is 1.24 bits per heavy atom. The molecule has 29 heavy (non-hydrogen) atoms. The van der Waals surface area contributed by atoms with Crippen LogP contribution in [0.5, 0.6) is 0 Å². The second-order valence-corrected chi connectivity index (χ2v) is 9.60. The summed E-state index contributed by atoms with van der Waals surface area (Å²) >= 11 is 0. The maximum absolute atomic E-state index is 13.2. The fourth-order valence-corrected chi connectivity index (χ4v) is 4.86. The van der Waals surface area contributed by atoms with Gasteiger partial charge >= 0.3 is 0 Å². The molecule has 4 rings (SSSR count). The van der Waals surface area contributed by atoms with Crippen LogP contribution in [0.15, 0.2) is 24.3 Å². The minimum atomic E-state index is -0.783. The Bertz CT molecular complexity index is 841. The average molecular weight is 399 g/mol. The molecule has 3 aliphatic heterocycles. The van der Waals surface area contributed by atoms with Crippen LogP contribution in [0.25, 0.3) is 0 Å². The predicted molar refractivity (Wildman–Crippen MR) is 109 cm³/mol. The van der Waals surface area contributed by atoms with Crippen LogP contribution in [0.4, 0.5) is 0 Å². The Kier molecular flexibility index (Phi) is 4.89. The maximum Gasteiger partial charge on any atom is 0.252 e. The summed E-state index contributed by atoms with van der Waals surface area (Å²) in [5, 5.41) is 9.43. The first-order valence-corrected chi connectivity index (χ1v) is 10.4. The standard InChI is InChI=1S/C22H30N4O3/c1-21(2,3)24-19(28)16-12-26(20(29)17-9-6-10-23-17)13-22(16)11-14-7-4-5-8-15(14)18(27)25-22/h4-5,7-8,16-17,23H,6,9-13H2,1-3H3,(H,24,28)(H,25,27)/t16-,17+,22+/m0/s1. The van der Waals surface area contributed by atoms with Crippen molar-refractivity contribution in [3.8, 4) is 0 Å². The van der Waals surface area contributed by atoms with Crippen molar-refractivity contribution >= 4 is 17.7 Å². The highest BCUT2D eigenvalue weighted by Crippen LogP contribution is 2.36. The number of nitrogens with one attached hydrogen (secondary N) is 3. The smallest absolute Gasteiger partial charge is 0.252 e. The number of hydrogen-bond acceptors (Lipinski definition) is 4. The van der Waals surface area contributed by atoms with E-state index in [0.29, 0.717) is 25.1 Å². The lowest BCUT2D eigenvalue weighted by Crippen LogP contribution is -2.62. The number of fused-ring (bicyclic) bond motifs is 1. The summed E-state index contributed by atoms with van der Waals surface area (Å²) in [7, 11) is 0. The summed E-state index contributed by atoms with van der Waals surface area (Å²) in [6.07, 6.45) is 2.34. The first-order valence-electron chi connectivity index (χ1n) is 10.4. The third kappa shape index (κ3) is 3.75. The van der Waals surface area contributed by atoms with Gasteiger partial charge in [0.25, 0.3) is 5.91 Å². The van der Waals surface area contributed by atoms with E-state index >= 15 is 0 Å². The Labute approximate surface area is 171 Å². The van der Waals surface area contributed by atoms with E-state index in [4.69, 9.17) is 0 Å². The second-order valence-electron chi connectivity index (χ2n) is 9.60. The average Bonchev–Trinajstić information content (AvgIpc) is 3.28. The molecule has 0 radical (unpaired) electrons. The summed E-state index contributed by atoms with van der Waals surface area (Å²) < 4.78 is 0. The number of carbonyl (C=O) groups excluding carboxylic acids is 3. The van der Waals surface area contributed by atoms with Gasteiger partial charge in [0.05, 0.1) is 17.5 Å². The third-order valence-corrected chi connectivity index (χ3v) is 6.16. The highest BCUT2D eigenvalue weighted by atomic mass is 16.2. The minimum absolute atomic E-state index is 0.0287. The first kappa shape index (κ1) is 19.9. The van der Waals surface area contributed by atoms with Crippen molar-refractivity contribution in [1.82, 2.24) is 20.9 Å². The van der Waals surface area contributed by atoms with Gasteiger partial charge in [-0.2, -0.15) is 0 Å². The van der Waals surface area contributed by atoms with Crippen LogP contribution in [0, 0.1) is 5.92 Å². The monoisotopic (exact) mass is 398 g/mol. The number of carbonyl (C=O) groups is 3. The predicted octanol–water partition coefficient (Wildman–Crippen LogP) is 0.836. The Hall–Kier alpha value is -2.41. The summed E-state index contributed by atoms with van der Waals surface area (Å²) in [6.45, 7) is 7.33. The molecule has 7 heteroatoms. The molecule has 7 nitrogen and oxygen atoms in total. The molecule has 3 aliphatic rings. The van der Waals surface area contributed by atoms with Crippen molar-refractivity contribution in [2.24, 2.45) is 5.92 Å². The summed E-state index contributed by atoms with van der Waals surface area (Å²) in [5.41, 5.74) is 0.405. The van der Waals surface area contributed by atoms with Crippen LogP contribution in [0.3, 0.4) is 0 Å². The minimum Gasteiger partial charge on any atom is -0.351 e. The van der Waals surface area contributed by atoms with Gasteiger partial charge in [0.15, 0.2) is 0 Å². The molecular formula is C22H30N4O3. The number of nitrogens with zero attached hydrogens (tertiary/aromatic N) is 1. The van der Waals surface area contributed by atoms with Gasteiger partial charge in [0.2, 0.25) is 11.8 Å². The normalized spacial score (nSPS) is 28.9. The number of rotatable bonds is 2. The van der Waals surface area contributed by atoms with Crippen molar-refractivity contribution in [2.75, 3.05) is 19.6 Å². The Morgan fingerprint density at radius 2 is 2.00 bits per heavy atom. The van der Waals surface area contributed by atoms with E-state index in [1.807, 2.05) is 45.0 Å². The number of benzene rings is 1. The molecular weight excluding hydrogens is 368 g/mol. The molecule has 0 bridgehead atoms. The van der Waals surface area contributed by atoms with Gasteiger partial charge in [0, 0.05) is 24.2 Å². The van der Waals surface area contributed by atoms with Crippen molar-refractivity contribution in [3.63, 3.8) is 0 Å². The zero-order valence-corrected chi connectivity index (χ0v) is 17.4.